The Balaban J connectivity index is 1.37. The number of benzene rings is 2. The molecule has 0 saturated carbocycles. The Morgan fingerprint density at radius 1 is 0.341 bits per heavy atom. The van der Waals surface area contributed by atoms with Crippen molar-refractivity contribution in [1.29, 1.82) is 0 Å². The minimum absolute atomic E-state index is 0.249. The molecule has 0 radical (unpaired) electrons. The van der Waals surface area contributed by atoms with Crippen LogP contribution >= 0.6 is 0 Å². The number of ether oxygens (including phenoxy) is 13. The molecule has 82 heavy (non-hydrogen) atoms. The maximum Gasteiger partial charge on any atom is 0.165 e. The molecule has 2 heterocycles. The summed E-state index contributed by atoms with van der Waals surface area (Å²) in [5, 5.41) is 9.49. The first-order chi connectivity index (χ1) is 40.8. The zero-order valence-electron chi connectivity index (χ0n) is 51.9. The molecule has 2 aliphatic heterocycles. The topological polar surface area (TPSA) is 145 Å². The number of fused-ring (bicyclic) bond motifs is 2. The summed E-state index contributed by atoms with van der Waals surface area (Å²) in [5.74, 6) is 2.55. The lowest BCUT2D eigenvalue weighted by molar-refractivity contribution is -0.0388. The van der Waals surface area contributed by atoms with Crippen LogP contribution in [0.1, 0.15) is 219 Å². The smallest absolute Gasteiger partial charge is 0.165 e. The van der Waals surface area contributed by atoms with Crippen LogP contribution in [0.15, 0.2) is 40.6 Å². The molecule has 2 aromatic rings. The molecule has 0 aliphatic carbocycles. The number of nitrogens with zero attached hydrogens (tertiary/aromatic N) is 2. The van der Waals surface area contributed by atoms with Crippen molar-refractivity contribution in [2.75, 3.05) is 132 Å². The van der Waals surface area contributed by atoms with Gasteiger partial charge in [-0.2, -0.15) is 5.11 Å². The predicted octanol–water partition coefficient (Wildman–Crippen LogP) is 17.0. The average molecular weight is 1160 g/mol. The Morgan fingerprint density at radius 3 is 1.10 bits per heavy atom. The molecule has 0 amide bonds. The highest BCUT2D eigenvalue weighted by Crippen LogP contribution is 2.42. The molecule has 0 fully saturated rings. The Kier molecular flexibility index (Phi) is 46.2. The second-order valence-electron chi connectivity index (χ2n) is 22.2. The summed E-state index contributed by atoms with van der Waals surface area (Å²) < 4.78 is 78.7. The van der Waals surface area contributed by atoms with Crippen molar-refractivity contribution in [2.24, 2.45) is 10.2 Å². The van der Waals surface area contributed by atoms with Crippen LogP contribution in [0.25, 0.3) is 0 Å². The lowest BCUT2D eigenvalue weighted by Gasteiger charge is -2.21. The minimum atomic E-state index is -0.294. The van der Waals surface area contributed by atoms with Crippen LogP contribution in [0.3, 0.4) is 0 Å². The van der Waals surface area contributed by atoms with Crippen LogP contribution in [0.5, 0.6) is 28.7 Å². The van der Waals surface area contributed by atoms with Crippen LogP contribution in [-0.2, 0) is 37.9 Å². The summed E-state index contributed by atoms with van der Waals surface area (Å²) >= 11 is 0. The Labute approximate surface area is 497 Å². The largest absolute Gasteiger partial charge is 0.488 e. The summed E-state index contributed by atoms with van der Waals surface area (Å²) in [5.41, 5.74) is 1.01. The molecule has 1 atom stereocenters. The van der Waals surface area contributed by atoms with Crippen molar-refractivity contribution in [3.05, 3.63) is 30.3 Å². The zero-order chi connectivity index (χ0) is 57.5. The van der Waals surface area contributed by atoms with E-state index in [1.807, 2.05) is 24.3 Å². The first-order valence-corrected chi connectivity index (χ1v) is 33.3. The third kappa shape index (κ3) is 38.6. The number of rotatable bonds is 42. The van der Waals surface area contributed by atoms with Crippen molar-refractivity contribution in [1.82, 2.24) is 0 Å². The standard InChI is InChI=1S/C67H116N2O13/c1-3-5-7-9-11-13-15-17-19-21-23-25-27-29-31-33-37-76-58-61(77-38-34-32-30-28-26-24-22-20-18-16-14-12-10-8-6-4-2)59-82-64-57-67-66(80-53-49-74-45-41-71-42-46-75-50-54-81-67)56-62(64)69-68-60-35-36-63-65(55-60)79-52-48-73-44-40-70-39-43-72-47-51-78-63/h35-36,55-57,61H,3-34,37-54,58-59H2,1-2H3. The highest BCUT2D eigenvalue weighted by molar-refractivity contribution is 5.62. The number of unbranched alkanes of at least 4 members (excludes halogenated alkanes) is 30. The first kappa shape index (κ1) is 71.2. The highest BCUT2D eigenvalue weighted by atomic mass is 16.6. The molecule has 472 valence electrons. The van der Waals surface area contributed by atoms with Crippen LogP contribution < -0.4 is 23.7 Å². The number of azo groups is 1. The van der Waals surface area contributed by atoms with Gasteiger partial charge in [0.15, 0.2) is 28.7 Å². The van der Waals surface area contributed by atoms with E-state index in [1.165, 1.54) is 186 Å². The third-order valence-corrected chi connectivity index (χ3v) is 14.9. The molecule has 0 bridgehead atoms. The van der Waals surface area contributed by atoms with E-state index in [0.29, 0.717) is 166 Å². The van der Waals surface area contributed by atoms with E-state index in [0.717, 1.165) is 19.3 Å². The normalized spacial score (nSPS) is 16.0. The Hall–Kier alpha value is -3.28. The van der Waals surface area contributed by atoms with E-state index < -0.39 is 0 Å². The lowest BCUT2D eigenvalue weighted by Crippen LogP contribution is -2.28. The molecule has 0 saturated heterocycles. The van der Waals surface area contributed by atoms with E-state index in [2.05, 4.69) is 13.8 Å². The molecule has 2 aliphatic rings. The lowest BCUT2D eigenvalue weighted by atomic mass is 10.0. The summed E-state index contributed by atoms with van der Waals surface area (Å²) in [4.78, 5) is 0. The molecule has 15 heteroatoms. The van der Waals surface area contributed by atoms with E-state index in [4.69, 9.17) is 71.8 Å². The minimum Gasteiger partial charge on any atom is -0.488 e. The maximum atomic E-state index is 6.70. The SMILES string of the molecule is CCCCCCCCCCCCCCCCCCOCC(COc1cc2c(cc1N=Nc1ccc3c(c1)OCCOCCOCCOCCO3)OCCOCCOCCOCCO2)OCCCCCCCCCCCCCCCCCC. The van der Waals surface area contributed by atoms with Gasteiger partial charge in [0.05, 0.1) is 91.6 Å². The number of hydrogen-bond donors (Lipinski definition) is 0. The van der Waals surface area contributed by atoms with Gasteiger partial charge in [0.1, 0.15) is 44.8 Å². The fraction of sp³-hybridized carbons (Fsp3) is 0.821. The van der Waals surface area contributed by atoms with Crippen molar-refractivity contribution in [3.8, 4) is 28.7 Å². The first-order valence-electron chi connectivity index (χ1n) is 33.3. The zero-order valence-corrected chi connectivity index (χ0v) is 51.9. The predicted molar refractivity (Wildman–Crippen MR) is 329 cm³/mol. The average Bonchev–Trinajstić information content (AvgIpc) is 3.61. The second kappa shape index (κ2) is 53.2. The summed E-state index contributed by atoms with van der Waals surface area (Å²) in [6.45, 7) is 13.2. The molecule has 0 N–H and O–H groups in total. The molecule has 2 aromatic carbocycles. The Morgan fingerprint density at radius 2 is 0.683 bits per heavy atom. The van der Waals surface area contributed by atoms with Crippen molar-refractivity contribution in [3.63, 3.8) is 0 Å². The van der Waals surface area contributed by atoms with Gasteiger partial charge in [-0.05, 0) is 25.0 Å². The summed E-state index contributed by atoms with van der Waals surface area (Å²) in [6, 6.07) is 9.11. The second-order valence-corrected chi connectivity index (χ2v) is 22.2. The van der Waals surface area contributed by atoms with Gasteiger partial charge in [0.25, 0.3) is 0 Å². The Bertz CT molecular complexity index is 1770. The van der Waals surface area contributed by atoms with E-state index in [-0.39, 0.29) is 12.7 Å². The molecule has 0 spiro atoms. The molecular weight excluding hydrogens is 1040 g/mol. The molecule has 4 rings (SSSR count). The summed E-state index contributed by atoms with van der Waals surface area (Å²) in [7, 11) is 0. The van der Waals surface area contributed by atoms with Gasteiger partial charge < -0.3 is 61.6 Å². The van der Waals surface area contributed by atoms with Crippen molar-refractivity contribution >= 4 is 11.4 Å². The van der Waals surface area contributed by atoms with Gasteiger partial charge in [-0.25, -0.2) is 0 Å². The van der Waals surface area contributed by atoms with Crippen molar-refractivity contribution in [2.45, 2.75) is 225 Å². The monoisotopic (exact) mass is 1160 g/mol. The van der Waals surface area contributed by atoms with Gasteiger partial charge in [-0.3, -0.25) is 0 Å². The van der Waals surface area contributed by atoms with Gasteiger partial charge >= 0.3 is 0 Å². The van der Waals surface area contributed by atoms with Gasteiger partial charge in [0.2, 0.25) is 0 Å². The fourth-order valence-corrected chi connectivity index (χ4v) is 9.97. The highest BCUT2D eigenvalue weighted by Gasteiger charge is 2.19. The van der Waals surface area contributed by atoms with Crippen LogP contribution in [0.4, 0.5) is 11.4 Å². The van der Waals surface area contributed by atoms with E-state index in [9.17, 15) is 0 Å². The number of hydrogen-bond acceptors (Lipinski definition) is 15. The molecular formula is C67H116N2O13. The van der Waals surface area contributed by atoms with Gasteiger partial charge in [-0.1, -0.05) is 206 Å². The van der Waals surface area contributed by atoms with Crippen molar-refractivity contribution < 1.29 is 61.6 Å². The van der Waals surface area contributed by atoms with Gasteiger partial charge in [-0.15, -0.1) is 5.11 Å². The van der Waals surface area contributed by atoms with Crippen LogP contribution in [-0.4, -0.2) is 138 Å². The quantitative estimate of drug-likeness (QED) is 0.0460. The molecule has 0 aromatic heterocycles. The molecule has 15 nitrogen and oxygen atoms in total. The summed E-state index contributed by atoms with van der Waals surface area (Å²) in [6.07, 6.45) is 42.4. The molecule has 1 unspecified atom stereocenters. The van der Waals surface area contributed by atoms with Crippen LogP contribution in [0, 0.1) is 0 Å². The third-order valence-electron chi connectivity index (χ3n) is 14.9. The van der Waals surface area contributed by atoms with Crippen LogP contribution in [0.2, 0.25) is 0 Å². The fourth-order valence-electron chi connectivity index (χ4n) is 9.97. The van der Waals surface area contributed by atoms with E-state index in [1.54, 1.807) is 6.07 Å². The van der Waals surface area contributed by atoms with Gasteiger partial charge in [0, 0.05) is 31.4 Å². The maximum absolute atomic E-state index is 6.70. The van der Waals surface area contributed by atoms with E-state index >= 15 is 0 Å².